The molecule has 0 aliphatic rings. The standard InChI is InChI=1S/C12H10BrClN2OS/c13-11-3-7(6-18-11)5-16-8-1-2-10(14)9(4-8)12(15)17/h1-4,6,16H,5H2,(H2,15,17). The molecule has 1 aromatic heterocycles. The molecule has 0 aliphatic heterocycles. The molecule has 6 heteroatoms. The number of rotatable bonds is 4. The molecule has 3 nitrogen and oxygen atoms in total. The Morgan fingerprint density at radius 1 is 1.44 bits per heavy atom. The summed E-state index contributed by atoms with van der Waals surface area (Å²) >= 11 is 10.9. The van der Waals surface area contributed by atoms with E-state index in [2.05, 4.69) is 26.6 Å². The Kier molecular flexibility index (Phi) is 4.27. The highest BCUT2D eigenvalue weighted by molar-refractivity contribution is 9.11. The maximum absolute atomic E-state index is 11.2. The van der Waals surface area contributed by atoms with Crippen molar-refractivity contribution in [3.8, 4) is 0 Å². The maximum atomic E-state index is 11.2. The Morgan fingerprint density at radius 2 is 2.22 bits per heavy atom. The van der Waals surface area contributed by atoms with E-state index in [1.807, 2.05) is 12.1 Å². The molecule has 3 N–H and O–H groups in total. The van der Waals surface area contributed by atoms with Gasteiger partial charge in [-0.1, -0.05) is 11.6 Å². The zero-order chi connectivity index (χ0) is 13.1. The van der Waals surface area contributed by atoms with Crippen molar-refractivity contribution in [2.45, 2.75) is 6.54 Å². The van der Waals surface area contributed by atoms with E-state index in [0.29, 0.717) is 17.1 Å². The van der Waals surface area contributed by atoms with Gasteiger partial charge in [0.25, 0.3) is 0 Å². The number of amides is 1. The van der Waals surface area contributed by atoms with Gasteiger partial charge in [-0.15, -0.1) is 11.3 Å². The fourth-order valence-electron chi connectivity index (χ4n) is 1.47. The van der Waals surface area contributed by atoms with E-state index in [0.717, 1.165) is 9.47 Å². The van der Waals surface area contributed by atoms with Crippen LogP contribution in [-0.4, -0.2) is 5.91 Å². The summed E-state index contributed by atoms with van der Waals surface area (Å²) in [6, 6.07) is 7.18. The third-order valence-corrected chi connectivity index (χ3v) is 4.23. The van der Waals surface area contributed by atoms with Crippen molar-refractivity contribution in [3.05, 3.63) is 49.6 Å². The number of halogens is 2. The predicted octanol–water partition coefficient (Wildman–Crippen LogP) is 3.88. The average molecular weight is 346 g/mol. The van der Waals surface area contributed by atoms with E-state index in [1.165, 1.54) is 5.56 Å². The van der Waals surface area contributed by atoms with Crippen LogP contribution in [0.15, 0.2) is 33.4 Å². The van der Waals surface area contributed by atoms with Gasteiger partial charge < -0.3 is 11.1 Å². The van der Waals surface area contributed by atoms with Gasteiger partial charge in [-0.2, -0.15) is 0 Å². The van der Waals surface area contributed by atoms with Crippen LogP contribution >= 0.6 is 38.9 Å². The Labute approximate surface area is 122 Å². The average Bonchev–Trinajstić information content (AvgIpc) is 2.74. The van der Waals surface area contributed by atoms with Crippen LogP contribution in [0.2, 0.25) is 5.02 Å². The lowest BCUT2D eigenvalue weighted by molar-refractivity contribution is 0.100. The molecular formula is C12H10BrClN2OS. The molecule has 2 rings (SSSR count). The second-order valence-corrected chi connectivity index (χ2v) is 6.37. The number of hydrogen-bond acceptors (Lipinski definition) is 3. The number of hydrogen-bond donors (Lipinski definition) is 2. The molecule has 0 saturated carbocycles. The molecular weight excluding hydrogens is 336 g/mol. The summed E-state index contributed by atoms with van der Waals surface area (Å²) in [5, 5.41) is 5.64. The molecule has 0 radical (unpaired) electrons. The number of benzene rings is 1. The van der Waals surface area contributed by atoms with Crippen LogP contribution in [0.5, 0.6) is 0 Å². The smallest absolute Gasteiger partial charge is 0.250 e. The van der Waals surface area contributed by atoms with Crippen molar-refractivity contribution in [3.63, 3.8) is 0 Å². The van der Waals surface area contributed by atoms with Crippen LogP contribution in [0.4, 0.5) is 5.69 Å². The van der Waals surface area contributed by atoms with Crippen molar-refractivity contribution >= 4 is 50.5 Å². The minimum atomic E-state index is -0.526. The van der Waals surface area contributed by atoms with Crippen molar-refractivity contribution < 1.29 is 4.79 Å². The Hall–Kier alpha value is -1.04. The first-order valence-electron chi connectivity index (χ1n) is 5.12. The fraction of sp³-hybridized carbons (Fsp3) is 0.0833. The van der Waals surface area contributed by atoms with E-state index in [9.17, 15) is 4.79 Å². The summed E-state index contributed by atoms with van der Waals surface area (Å²) in [6.45, 7) is 0.682. The number of carbonyl (C=O) groups excluding carboxylic acids is 1. The minimum Gasteiger partial charge on any atom is -0.381 e. The van der Waals surface area contributed by atoms with E-state index in [1.54, 1.807) is 23.5 Å². The molecule has 2 aromatic rings. The number of nitrogens with one attached hydrogen (secondary N) is 1. The van der Waals surface area contributed by atoms with Crippen LogP contribution in [0, 0.1) is 0 Å². The van der Waals surface area contributed by atoms with Gasteiger partial charge in [0.15, 0.2) is 0 Å². The quantitative estimate of drug-likeness (QED) is 0.883. The lowest BCUT2D eigenvalue weighted by Gasteiger charge is -2.07. The lowest BCUT2D eigenvalue weighted by atomic mass is 10.2. The predicted molar refractivity (Wildman–Crippen MR) is 79.3 cm³/mol. The first-order valence-corrected chi connectivity index (χ1v) is 7.17. The summed E-state index contributed by atoms with van der Waals surface area (Å²) in [4.78, 5) is 11.2. The zero-order valence-electron chi connectivity index (χ0n) is 9.24. The van der Waals surface area contributed by atoms with Crippen LogP contribution in [0.3, 0.4) is 0 Å². The van der Waals surface area contributed by atoms with E-state index in [-0.39, 0.29) is 0 Å². The van der Waals surface area contributed by atoms with Crippen LogP contribution in [0.1, 0.15) is 15.9 Å². The second-order valence-electron chi connectivity index (χ2n) is 3.67. The highest BCUT2D eigenvalue weighted by atomic mass is 79.9. The summed E-state index contributed by atoms with van der Waals surface area (Å²) < 4.78 is 1.09. The highest BCUT2D eigenvalue weighted by Gasteiger charge is 2.07. The maximum Gasteiger partial charge on any atom is 0.250 e. The van der Waals surface area contributed by atoms with Gasteiger partial charge in [0.05, 0.1) is 14.4 Å². The number of nitrogens with two attached hydrogens (primary N) is 1. The van der Waals surface area contributed by atoms with E-state index in [4.69, 9.17) is 17.3 Å². The molecule has 0 atom stereocenters. The molecule has 0 aliphatic carbocycles. The largest absolute Gasteiger partial charge is 0.381 e. The molecule has 1 aromatic carbocycles. The summed E-state index contributed by atoms with van der Waals surface area (Å²) in [5.41, 5.74) is 7.55. The Balaban J connectivity index is 2.10. The van der Waals surface area contributed by atoms with E-state index >= 15 is 0 Å². The number of thiophene rings is 1. The molecule has 0 fully saturated rings. The lowest BCUT2D eigenvalue weighted by Crippen LogP contribution is -2.12. The summed E-state index contributed by atoms with van der Waals surface area (Å²) in [5.74, 6) is -0.526. The number of primary amides is 1. The van der Waals surface area contributed by atoms with Crippen molar-refractivity contribution in [1.29, 1.82) is 0 Å². The van der Waals surface area contributed by atoms with Gasteiger partial charge >= 0.3 is 0 Å². The second kappa shape index (κ2) is 5.73. The summed E-state index contributed by atoms with van der Waals surface area (Å²) in [6.07, 6.45) is 0. The van der Waals surface area contributed by atoms with Gasteiger partial charge in [0.1, 0.15) is 0 Å². The van der Waals surface area contributed by atoms with Gasteiger partial charge in [-0.25, -0.2) is 0 Å². The minimum absolute atomic E-state index is 0.327. The van der Waals surface area contributed by atoms with Gasteiger partial charge in [-0.3, -0.25) is 4.79 Å². The third-order valence-electron chi connectivity index (χ3n) is 2.35. The Morgan fingerprint density at radius 3 is 2.83 bits per heavy atom. The first-order chi connectivity index (χ1) is 8.56. The van der Waals surface area contributed by atoms with Gasteiger partial charge in [-0.05, 0) is 51.1 Å². The Bertz CT molecular complexity index is 585. The molecule has 1 amide bonds. The molecule has 0 bridgehead atoms. The molecule has 1 heterocycles. The van der Waals surface area contributed by atoms with Gasteiger partial charge in [0.2, 0.25) is 5.91 Å². The molecule has 0 saturated heterocycles. The molecule has 0 spiro atoms. The summed E-state index contributed by atoms with van der Waals surface area (Å²) in [7, 11) is 0. The first kappa shape index (κ1) is 13.4. The highest BCUT2D eigenvalue weighted by Crippen LogP contribution is 2.23. The van der Waals surface area contributed by atoms with Crippen LogP contribution in [0.25, 0.3) is 0 Å². The molecule has 0 unspecified atom stereocenters. The monoisotopic (exact) mass is 344 g/mol. The normalized spacial score (nSPS) is 10.3. The molecule has 94 valence electrons. The topological polar surface area (TPSA) is 55.1 Å². The van der Waals surface area contributed by atoms with Crippen molar-refractivity contribution in [1.82, 2.24) is 0 Å². The number of anilines is 1. The SMILES string of the molecule is NC(=O)c1cc(NCc2csc(Br)c2)ccc1Cl. The zero-order valence-corrected chi connectivity index (χ0v) is 12.4. The van der Waals surface area contributed by atoms with Crippen molar-refractivity contribution in [2.24, 2.45) is 5.73 Å². The third kappa shape index (κ3) is 3.25. The molecule has 18 heavy (non-hydrogen) atoms. The fourth-order valence-corrected chi connectivity index (χ4v) is 2.89. The van der Waals surface area contributed by atoms with E-state index < -0.39 is 5.91 Å². The van der Waals surface area contributed by atoms with Gasteiger partial charge in [0, 0.05) is 12.2 Å². The van der Waals surface area contributed by atoms with Crippen LogP contribution in [-0.2, 0) is 6.54 Å². The van der Waals surface area contributed by atoms with Crippen molar-refractivity contribution in [2.75, 3.05) is 5.32 Å². The van der Waals surface area contributed by atoms with Crippen LogP contribution < -0.4 is 11.1 Å². The number of carbonyl (C=O) groups is 1.